The van der Waals surface area contributed by atoms with E-state index in [0.29, 0.717) is 0 Å². The van der Waals surface area contributed by atoms with Crippen molar-refractivity contribution >= 4 is 11.9 Å². The molecule has 1 fully saturated rings. The second-order valence-corrected chi connectivity index (χ2v) is 4.38. The second-order valence-electron chi connectivity index (χ2n) is 4.38. The molecule has 14 heavy (non-hydrogen) atoms. The Bertz CT molecular complexity index is 242. The lowest BCUT2D eigenvalue weighted by molar-refractivity contribution is -0.153. The number of amides is 1. The summed E-state index contributed by atoms with van der Waals surface area (Å²) in [5.74, 6) is -1.45. The fraction of sp³-hybridized carbons (Fsp3) is 0.800. The smallest absolute Gasteiger partial charge is 0.318 e. The molecule has 80 valence electrons. The van der Waals surface area contributed by atoms with E-state index in [4.69, 9.17) is 5.11 Å². The lowest BCUT2D eigenvalue weighted by atomic mass is 9.92. The molecule has 0 aliphatic heterocycles. The van der Waals surface area contributed by atoms with Crippen molar-refractivity contribution in [3.05, 3.63) is 0 Å². The predicted molar refractivity (Wildman–Crippen MR) is 51.8 cm³/mol. The van der Waals surface area contributed by atoms with Crippen LogP contribution in [0.25, 0.3) is 0 Å². The van der Waals surface area contributed by atoms with E-state index in [1.807, 2.05) is 0 Å². The Hall–Kier alpha value is -1.06. The minimum Gasteiger partial charge on any atom is -0.480 e. The third-order valence-electron chi connectivity index (χ3n) is 2.79. The molecule has 1 saturated carbocycles. The Kier molecular flexibility index (Phi) is 3.13. The van der Waals surface area contributed by atoms with Gasteiger partial charge in [-0.05, 0) is 26.7 Å². The van der Waals surface area contributed by atoms with Crippen LogP contribution in [-0.2, 0) is 9.59 Å². The number of rotatable bonds is 3. The van der Waals surface area contributed by atoms with Crippen LogP contribution in [0.4, 0.5) is 0 Å². The van der Waals surface area contributed by atoms with Crippen molar-refractivity contribution in [3.63, 3.8) is 0 Å². The summed E-state index contributed by atoms with van der Waals surface area (Å²) in [7, 11) is 0. The number of nitrogens with one attached hydrogen (secondary N) is 1. The molecule has 0 saturated heterocycles. The van der Waals surface area contributed by atoms with Gasteiger partial charge in [-0.2, -0.15) is 0 Å². The first-order chi connectivity index (χ1) is 6.44. The Balaban J connectivity index is 2.52. The van der Waals surface area contributed by atoms with Crippen LogP contribution in [0, 0.1) is 5.41 Å². The predicted octanol–water partition coefficient (Wildman–Crippen LogP) is 1.16. The highest BCUT2D eigenvalue weighted by molar-refractivity contribution is 6.01. The normalized spacial score (nSPS) is 18.1. The highest BCUT2D eigenvalue weighted by Crippen LogP contribution is 2.21. The molecular formula is C10H17NO3. The number of aliphatic carboxylic acids is 1. The van der Waals surface area contributed by atoms with Crippen LogP contribution in [0.3, 0.4) is 0 Å². The fourth-order valence-electron chi connectivity index (χ4n) is 1.53. The minimum absolute atomic E-state index is 0.182. The highest BCUT2D eigenvalue weighted by Gasteiger charge is 2.37. The molecule has 0 radical (unpaired) electrons. The third-order valence-corrected chi connectivity index (χ3v) is 2.79. The third kappa shape index (κ3) is 2.25. The summed E-state index contributed by atoms with van der Waals surface area (Å²) in [5, 5.41) is 11.6. The summed E-state index contributed by atoms with van der Waals surface area (Å²) in [6.45, 7) is 2.86. The second kappa shape index (κ2) is 3.98. The quantitative estimate of drug-likeness (QED) is 0.670. The van der Waals surface area contributed by atoms with Gasteiger partial charge in [-0.15, -0.1) is 0 Å². The molecule has 4 heteroatoms. The first-order valence-electron chi connectivity index (χ1n) is 4.99. The standard InChI is InChI=1S/C10H17NO3/c1-10(2,9(13)14)8(12)11-7-5-3-4-6-7/h7H,3-6H2,1-2H3,(H,11,12)(H,13,14). The Morgan fingerprint density at radius 1 is 1.29 bits per heavy atom. The van der Waals surface area contributed by atoms with Crippen molar-refractivity contribution in [3.8, 4) is 0 Å². The van der Waals surface area contributed by atoms with E-state index in [0.717, 1.165) is 25.7 Å². The van der Waals surface area contributed by atoms with E-state index < -0.39 is 11.4 Å². The van der Waals surface area contributed by atoms with E-state index in [-0.39, 0.29) is 11.9 Å². The Morgan fingerprint density at radius 3 is 2.21 bits per heavy atom. The van der Waals surface area contributed by atoms with Crippen molar-refractivity contribution in [2.75, 3.05) is 0 Å². The van der Waals surface area contributed by atoms with E-state index >= 15 is 0 Å². The van der Waals surface area contributed by atoms with E-state index in [1.54, 1.807) is 0 Å². The Morgan fingerprint density at radius 2 is 1.79 bits per heavy atom. The van der Waals surface area contributed by atoms with Crippen molar-refractivity contribution < 1.29 is 14.7 Å². The topological polar surface area (TPSA) is 66.4 Å². The molecule has 1 rings (SSSR count). The molecule has 0 spiro atoms. The molecule has 0 aromatic carbocycles. The SMILES string of the molecule is CC(C)(C(=O)O)C(=O)NC1CCCC1. The van der Waals surface area contributed by atoms with Gasteiger partial charge in [0.25, 0.3) is 0 Å². The average molecular weight is 199 g/mol. The molecule has 0 heterocycles. The van der Waals surface area contributed by atoms with Crippen LogP contribution in [0.5, 0.6) is 0 Å². The Labute approximate surface area is 83.7 Å². The zero-order chi connectivity index (χ0) is 10.8. The molecule has 0 bridgehead atoms. The first-order valence-corrected chi connectivity index (χ1v) is 4.99. The van der Waals surface area contributed by atoms with Crippen molar-refractivity contribution in [1.82, 2.24) is 5.32 Å². The van der Waals surface area contributed by atoms with Gasteiger partial charge >= 0.3 is 5.97 Å². The maximum absolute atomic E-state index is 11.6. The lowest BCUT2D eigenvalue weighted by Crippen LogP contribution is -2.45. The van der Waals surface area contributed by atoms with E-state index in [2.05, 4.69) is 5.32 Å². The first kappa shape index (κ1) is 11.0. The number of carboxylic acid groups (broad SMARTS) is 1. The minimum atomic E-state index is -1.32. The molecule has 0 unspecified atom stereocenters. The number of carbonyl (C=O) groups is 2. The summed E-state index contributed by atoms with van der Waals surface area (Å²) in [4.78, 5) is 22.3. The van der Waals surface area contributed by atoms with Gasteiger partial charge in [0.1, 0.15) is 5.41 Å². The van der Waals surface area contributed by atoms with Crippen LogP contribution in [0.15, 0.2) is 0 Å². The molecule has 2 N–H and O–H groups in total. The molecule has 1 amide bonds. The zero-order valence-corrected chi connectivity index (χ0v) is 8.67. The fourth-order valence-corrected chi connectivity index (χ4v) is 1.53. The van der Waals surface area contributed by atoms with Gasteiger partial charge in [-0.3, -0.25) is 9.59 Å². The van der Waals surface area contributed by atoms with Crippen LogP contribution in [0.1, 0.15) is 39.5 Å². The maximum atomic E-state index is 11.6. The summed E-state index contributed by atoms with van der Waals surface area (Å²) in [5.41, 5.74) is -1.32. The van der Waals surface area contributed by atoms with Gasteiger partial charge in [-0.25, -0.2) is 0 Å². The maximum Gasteiger partial charge on any atom is 0.318 e. The molecule has 0 aromatic rings. The van der Waals surface area contributed by atoms with Crippen LogP contribution in [-0.4, -0.2) is 23.0 Å². The van der Waals surface area contributed by atoms with Crippen LogP contribution in [0.2, 0.25) is 0 Å². The number of hydrogen-bond acceptors (Lipinski definition) is 2. The average Bonchev–Trinajstić information content (AvgIpc) is 2.56. The van der Waals surface area contributed by atoms with Gasteiger partial charge < -0.3 is 10.4 Å². The van der Waals surface area contributed by atoms with E-state index in [1.165, 1.54) is 13.8 Å². The highest BCUT2D eigenvalue weighted by atomic mass is 16.4. The molecule has 4 nitrogen and oxygen atoms in total. The molecule has 0 atom stereocenters. The summed E-state index contributed by atoms with van der Waals surface area (Å²) in [6.07, 6.45) is 4.19. The van der Waals surface area contributed by atoms with Crippen LogP contribution >= 0.6 is 0 Å². The van der Waals surface area contributed by atoms with Gasteiger partial charge in [-0.1, -0.05) is 12.8 Å². The molecule has 1 aliphatic carbocycles. The summed E-state index contributed by atoms with van der Waals surface area (Å²) in [6, 6.07) is 0.182. The number of hydrogen-bond donors (Lipinski definition) is 2. The van der Waals surface area contributed by atoms with E-state index in [9.17, 15) is 9.59 Å². The molecule has 0 aromatic heterocycles. The number of carboxylic acids is 1. The van der Waals surface area contributed by atoms with Crippen molar-refractivity contribution in [1.29, 1.82) is 0 Å². The van der Waals surface area contributed by atoms with Gasteiger partial charge in [0.15, 0.2) is 0 Å². The van der Waals surface area contributed by atoms with Crippen LogP contribution < -0.4 is 5.32 Å². The van der Waals surface area contributed by atoms with Gasteiger partial charge in [0.05, 0.1) is 0 Å². The van der Waals surface area contributed by atoms with Crippen molar-refractivity contribution in [2.24, 2.45) is 5.41 Å². The molecule has 1 aliphatic rings. The van der Waals surface area contributed by atoms with Crippen molar-refractivity contribution in [2.45, 2.75) is 45.6 Å². The number of carbonyl (C=O) groups excluding carboxylic acids is 1. The van der Waals surface area contributed by atoms with Gasteiger partial charge in [0, 0.05) is 6.04 Å². The zero-order valence-electron chi connectivity index (χ0n) is 8.67. The summed E-state index contributed by atoms with van der Waals surface area (Å²) < 4.78 is 0. The van der Waals surface area contributed by atoms with Gasteiger partial charge in [0.2, 0.25) is 5.91 Å². The lowest BCUT2D eigenvalue weighted by Gasteiger charge is -2.21. The largest absolute Gasteiger partial charge is 0.480 e. The molecular weight excluding hydrogens is 182 g/mol. The monoisotopic (exact) mass is 199 g/mol. The summed E-state index contributed by atoms with van der Waals surface area (Å²) >= 11 is 0.